The summed E-state index contributed by atoms with van der Waals surface area (Å²) in [5.41, 5.74) is 7.70. The number of nitriles is 1. The van der Waals surface area contributed by atoms with Crippen LogP contribution in [0.3, 0.4) is 0 Å². The van der Waals surface area contributed by atoms with Gasteiger partial charge in [0.25, 0.3) is 0 Å². The third-order valence-corrected chi connectivity index (χ3v) is 4.85. The van der Waals surface area contributed by atoms with Gasteiger partial charge in [0.05, 0.1) is 22.5 Å². The molecule has 1 aromatic heterocycles. The Labute approximate surface area is 166 Å². The predicted molar refractivity (Wildman–Crippen MR) is 108 cm³/mol. The van der Waals surface area contributed by atoms with Gasteiger partial charge in [-0.05, 0) is 19.1 Å². The lowest BCUT2D eigenvalue weighted by atomic mass is 10.1. The van der Waals surface area contributed by atoms with Crippen molar-refractivity contribution in [3.8, 4) is 17.6 Å². The van der Waals surface area contributed by atoms with E-state index in [-0.39, 0.29) is 11.7 Å². The molecule has 28 heavy (non-hydrogen) atoms. The van der Waals surface area contributed by atoms with Gasteiger partial charge in [-0.1, -0.05) is 11.8 Å². The van der Waals surface area contributed by atoms with Crippen molar-refractivity contribution in [3.05, 3.63) is 35.2 Å². The molecule has 8 nitrogen and oxygen atoms in total. The summed E-state index contributed by atoms with van der Waals surface area (Å²) in [5, 5.41) is 13.4. The third kappa shape index (κ3) is 4.35. The Morgan fingerprint density at radius 1 is 1.39 bits per heavy atom. The molecule has 2 aromatic rings. The highest BCUT2D eigenvalue weighted by atomic mass is 32.2. The number of hydrogen-bond donors (Lipinski definition) is 2. The molecule has 9 heteroatoms. The van der Waals surface area contributed by atoms with Crippen LogP contribution in [0.25, 0.3) is 10.9 Å². The molecule has 0 spiro atoms. The minimum absolute atomic E-state index is 0.0755. The van der Waals surface area contributed by atoms with Crippen molar-refractivity contribution in [2.24, 2.45) is 10.7 Å². The number of hydrogen-bond acceptors (Lipinski definition) is 8. The number of carbonyl (C=O) groups is 1. The number of nitrogens with one attached hydrogen (secondary N) is 1. The number of carbonyl (C=O) groups excluding carboxylic acids is 1. The summed E-state index contributed by atoms with van der Waals surface area (Å²) >= 11 is 1.18. The minimum atomic E-state index is -0.266. The van der Waals surface area contributed by atoms with E-state index in [0.29, 0.717) is 52.2 Å². The molecular formula is C19H19N5O3S. The summed E-state index contributed by atoms with van der Waals surface area (Å²) in [6.45, 7) is 2.64. The quantitative estimate of drug-likeness (QED) is 0.584. The van der Waals surface area contributed by atoms with Crippen LogP contribution in [0.2, 0.25) is 0 Å². The van der Waals surface area contributed by atoms with Gasteiger partial charge in [0.2, 0.25) is 5.91 Å². The van der Waals surface area contributed by atoms with Crippen LogP contribution in [-0.2, 0) is 4.79 Å². The van der Waals surface area contributed by atoms with Crippen LogP contribution >= 0.6 is 11.8 Å². The summed E-state index contributed by atoms with van der Waals surface area (Å²) in [5.74, 6) is 1.07. The monoisotopic (exact) mass is 397 g/mol. The molecule has 0 bridgehead atoms. The van der Waals surface area contributed by atoms with Crippen LogP contribution in [0.1, 0.15) is 12.5 Å². The maximum absolute atomic E-state index is 12.2. The van der Waals surface area contributed by atoms with E-state index in [1.807, 2.05) is 6.07 Å². The second-order valence-corrected chi connectivity index (χ2v) is 6.93. The summed E-state index contributed by atoms with van der Waals surface area (Å²) in [6, 6.07) is 7.46. The van der Waals surface area contributed by atoms with Gasteiger partial charge < -0.3 is 20.5 Å². The normalized spacial score (nSPS) is 13.9. The molecule has 0 saturated carbocycles. The molecule has 3 rings (SSSR count). The molecule has 1 aliphatic heterocycles. The summed E-state index contributed by atoms with van der Waals surface area (Å²) in [4.78, 5) is 20.6. The highest BCUT2D eigenvalue weighted by Gasteiger charge is 2.16. The van der Waals surface area contributed by atoms with Gasteiger partial charge in [-0.25, -0.2) is 4.98 Å². The lowest BCUT2D eigenvalue weighted by Crippen LogP contribution is -2.27. The molecule has 2 heterocycles. The highest BCUT2D eigenvalue weighted by molar-refractivity contribution is 8.00. The van der Waals surface area contributed by atoms with E-state index in [1.165, 1.54) is 18.0 Å². The Morgan fingerprint density at radius 3 is 2.75 bits per heavy atom. The molecule has 0 fully saturated rings. The van der Waals surface area contributed by atoms with Gasteiger partial charge in [0.1, 0.15) is 24.3 Å². The average molecular weight is 397 g/mol. The number of pyridine rings is 1. The molecule has 0 atom stereocenters. The molecule has 0 saturated heterocycles. The van der Waals surface area contributed by atoms with Crippen LogP contribution < -0.4 is 20.5 Å². The number of nitrogens with zero attached hydrogens (tertiary/aromatic N) is 3. The third-order valence-electron chi connectivity index (χ3n) is 3.86. The van der Waals surface area contributed by atoms with E-state index in [1.54, 1.807) is 26.1 Å². The van der Waals surface area contributed by atoms with Crippen LogP contribution in [0, 0.1) is 11.3 Å². The number of rotatable bonds is 5. The first kappa shape index (κ1) is 19.5. The summed E-state index contributed by atoms with van der Waals surface area (Å²) < 4.78 is 11.2. The number of allylic oxidation sites excluding steroid dienone is 2. The number of amides is 1. The minimum Gasteiger partial charge on any atom is -0.486 e. The van der Waals surface area contributed by atoms with E-state index >= 15 is 0 Å². The number of benzene rings is 1. The zero-order valence-corrected chi connectivity index (χ0v) is 16.3. The zero-order valence-electron chi connectivity index (χ0n) is 15.5. The maximum atomic E-state index is 12.2. The average Bonchev–Trinajstić information content (AvgIpc) is 2.69. The fraction of sp³-hybridized carbons (Fsp3) is 0.263. The molecule has 1 amide bonds. The molecule has 144 valence electrons. The smallest absolute Gasteiger partial charge is 0.234 e. The first-order valence-corrected chi connectivity index (χ1v) is 9.46. The van der Waals surface area contributed by atoms with Crippen LogP contribution in [0.5, 0.6) is 11.5 Å². The summed E-state index contributed by atoms with van der Waals surface area (Å²) in [7, 11) is 1.59. The fourth-order valence-corrected chi connectivity index (χ4v) is 3.33. The maximum Gasteiger partial charge on any atom is 0.234 e. The van der Waals surface area contributed by atoms with Crippen molar-refractivity contribution >= 4 is 34.8 Å². The lowest BCUT2D eigenvalue weighted by Gasteiger charge is -2.18. The zero-order chi connectivity index (χ0) is 20.1. The van der Waals surface area contributed by atoms with Crippen molar-refractivity contribution in [1.82, 2.24) is 10.3 Å². The number of nitrogens with two attached hydrogens (primary N) is 1. The lowest BCUT2D eigenvalue weighted by molar-refractivity contribution is -0.117. The first-order chi connectivity index (χ1) is 13.5. The van der Waals surface area contributed by atoms with Gasteiger partial charge in [-0.2, -0.15) is 5.26 Å². The predicted octanol–water partition coefficient (Wildman–Crippen LogP) is 1.98. The van der Waals surface area contributed by atoms with Gasteiger partial charge in [-0.3, -0.25) is 9.79 Å². The Balaban J connectivity index is 1.81. The van der Waals surface area contributed by atoms with Crippen LogP contribution in [0.4, 0.5) is 0 Å². The number of aliphatic imine (C=N–C) groups is 1. The molecular weight excluding hydrogens is 378 g/mol. The number of thioether (sulfide) groups is 1. The molecule has 0 aliphatic carbocycles. The van der Waals surface area contributed by atoms with E-state index in [9.17, 15) is 10.1 Å². The number of fused-ring (bicyclic) bond motifs is 2. The number of aromatic nitrogens is 1. The molecule has 3 N–H and O–H groups in total. The topological polar surface area (TPSA) is 123 Å². The molecule has 1 aliphatic rings. The second kappa shape index (κ2) is 8.63. The molecule has 0 radical (unpaired) electrons. The van der Waals surface area contributed by atoms with Gasteiger partial charge in [0, 0.05) is 30.4 Å². The Hall–Kier alpha value is -3.25. The van der Waals surface area contributed by atoms with E-state index in [2.05, 4.69) is 21.4 Å². The molecule has 1 aromatic carbocycles. The first-order valence-electron chi connectivity index (χ1n) is 8.47. The van der Waals surface area contributed by atoms with Gasteiger partial charge in [-0.15, -0.1) is 0 Å². The van der Waals surface area contributed by atoms with Crippen molar-refractivity contribution in [1.29, 1.82) is 5.26 Å². The number of ether oxygens (including phenoxy) is 2. The standard InChI is InChI=1S/C19H19N5O3S/c1-11(21)15(9-22-2)23-18(25)10-28-19-13(8-20)5-12-6-16-17(7-14(12)24-19)27-4-3-26-16/h5-7,9H,3-4,10,21H2,1-2H3,(H,23,25). The van der Waals surface area contributed by atoms with Gasteiger partial charge >= 0.3 is 0 Å². The Kier molecular flexibility index (Phi) is 6.01. The van der Waals surface area contributed by atoms with Crippen molar-refractivity contribution in [2.75, 3.05) is 26.0 Å². The SMILES string of the molecule is CN=CC(NC(=O)CSc1nc2cc3c(cc2cc1C#N)OCCO3)=C(C)N. The van der Waals surface area contributed by atoms with E-state index < -0.39 is 0 Å². The van der Waals surface area contributed by atoms with Crippen LogP contribution in [-0.4, -0.2) is 43.1 Å². The van der Waals surface area contributed by atoms with E-state index in [0.717, 1.165) is 5.39 Å². The van der Waals surface area contributed by atoms with Crippen molar-refractivity contribution in [3.63, 3.8) is 0 Å². The second-order valence-electron chi connectivity index (χ2n) is 5.96. The fourth-order valence-electron chi connectivity index (χ4n) is 2.57. The van der Waals surface area contributed by atoms with Crippen LogP contribution in [0.15, 0.2) is 39.6 Å². The highest BCUT2D eigenvalue weighted by Crippen LogP contribution is 2.35. The van der Waals surface area contributed by atoms with E-state index in [4.69, 9.17) is 15.2 Å². The molecule has 0 unspecified atom stereocenters. The summed E-state index contributed by atoms with van der Waals surface area (Å²) in [6.07, 6.45) is 1.48. The van der Waals surface area contributed by atoms with Crippen molar-refractivity contribution in [2.45, 2.75) is 11.9 Å². The Morgan fingerprint density at radius 2 is 2.11 bits per heavy atom. The van der Waals surface area contributed by atoms with Crippen molar-refractivity contribution < 1.29 is 14.3 Å². The Bertz CT molecular complexity index is 1020. The van der Waals surface area contributed by atoms with Gasteiger partial charge in [0.15, 0.2) is 11.5 Å². The largest absolute Gasteiger partial charge is 0.486 e.